The Morgan fingerprint density at radius 1 is 1.32 bits per heavy atom. The summed E-state index contributed by atoms with van der Waals surface area (Å²) < 4.78 is 11.2. The molecule has 2 aliphatic heterocycles. The van der Waals surface area contributed by atoms with Crippen LogP contribution < -0.4 is 10.1 Å². The molecule has 0 aliphatic carbocycles. The average Bonchev–Trinajstić information content (AvgIpc) is 2.85. The van der Waals surface area contributed by atoms with Crippen molar-refractivity contribution in [1.29, 1.82) is 0 Å². The topological polar surface area (TPSA) is 63.2 Å². The maximum Gasteiger partial charge on any atom is 0.307 e. The monoisotopic (exact) mass is 399 g/mol. The minimum atomic E-state index is -0.189. The first-order valence-electron chi connectivity index (χ1n) is 9.43. The first kappa shape index (κ1) is 18.8. The Hall–Kier alpha value is -2.57. The van der Waals surface area contributed by atoms with E-state index < -0.39 is 0 Å². The molecule has 1 atom stereocenters. The fraction of sp³-hybridized carbons (Fsp3) is 0.333. The van der Waals surface area contributed by atoms with Crippen LogP contribution in [0.4, 0.5) is 5.69 Å². The summed E-state index contributed by atoms with van der Waals surface area (Å²) in [4.78, 5) is 19.0. The largest absolute Gasteiger partial charge is 0.466 e. The van der Waals surface area contributed by atoms with E-state index in [0.717, 1.165) is 30.2 Å². The summed E-state index contributed by atoms with van der Waals surface area (Å²) in [5, 5.41) is 4.00. The van der Waals surface area contributed by atoms with Crippen LogP contribution >= 0.6 is 11.6 Å². The van der Waals surface area contributed by atoms with Gasteiger partial charge in [0.25, 0.3) is 0 Å². The maximum atomic E-state index is 11.9. The van der Waals surface area contributed by atoms with Gasteiger partial charge >= 0.3 is 5.97 Å². The normalized spacial score (nSPS) is 18.3. The summed E-state index contributed by atoms with van der Waals surface area (Å²) in [7, 11) is 0. The summed E-state index contributed by atoms with van der Waals surface area (Å²) in [5.74, 6) is 2.06. The smallest absolute Gasteiger partial charge is 0.307 e. The van der Waals surface area contributed by atoms with Gasteiger partial charge in [-0.15, -0.1) is 0 Å². The van der Waals surface area contributed by atoms with Crippen LogP contribution in [0.5, 0.6) is 11.5 Å². The van der Waals surface area contributed by atoms with Crippen LogP contribution in [0.15, 0.2) is 47.5 Å². The number of esters is 1. The predicted octanol–water partition coefficient (Wildman–Crippen LogP) is 3.75. The third-order valence-corrected chi connectivity index (χ3v) is 5.00. The van der Waals surface area contributed by atoms with E-state index in [1.54, 1.807) is 12.1 Å². The number of rotatable bonds is 3. The van der Waals surface area contributed by atoms with E-state index in [0.29, 0.717) is 36.0 Å². The van der Waals surface area contributed by atoms with Gasteiger partial charge < -0.3 is 19.7 Å². The molecule has 1 fully saturated rings. The van der Waals surface area contributed by atoms with Gasteiger partial charge in [0, 0.05) is 30.7 Å². The van der Waals surface area contributed by atoms with Crippen molar-refractivity contribution in [1.82, 2.24) is 10.2 Å². The summed E-state index contributed by atoms with van der Waals surface area (Å²) in [6.07, 6.45) is 0.332. The number of hydrogen-bond donors (Lipinski definition) is 1. The average molecular weight is 400 g/mol. The molecular weight excluding hydrogens is 378 g/mol. The molecule has 4 rings (SSSR count). The number of amidine groups is 1. The Morgan fingerprint density at radius 2 is 2.18 bits per heavy atom. The number of ether oxygens (including phenoxy) is 2. The number of halogens is 1. The number of aliphatic imine (C=N–C) groups is 1. The molecule has 0 radical (unpaired) electrons. The number of nitrogens with zero attached hydrogens (tertiary/aromatic N) is 2. The van der Waals surface area contributed by atoms with Crippen molar-refractivity contribution in [2.75, 3.05) is 26.2 Å². The molecule has 146 valence electrons. The van der Waals surface area contributed by atoms with E-state index in [1.807, 2.05) is 37.3 Å². The highest BCUT2D eigenvalue weighted by molar-refractivity contribution is 6.31. The summed E-state index contributed by atoms with van der Waals surface area (Å²) >= 11 is 6.19. The molecule has 28 heavy (non-hydrogen) atoms. The molecule has 0 aromatic heterocycles. The molecule has 1 saturated heterocycles. The Labute approximate surface area is 169 Å². The predicted molar refractivity (Wildman–Crippen MR) is 109 cm³/mol. The van der Waals surface area contributed by atoms with E-state index in [4.69, 9.17) is 26.1 Å². The van der Waals surface area contributed by atoms with Gasteiger partial charge in [0.05, 0.1) is 18.6 Å². The third kappa shape index (κ3) is 3.98. The van der Waals surface area contributed by atoms with E-state index in [2.05, 4.69) is 10.2 Å². The Bertz CT molecular complexity index is 916. The van der Waals surface area contributed by atoms with Gasteiger partial charge in [0.1, 0.15) is 17.3 Å². The number of piperazine rings is 1. The second-order valence-electron chi connectivity index (χ2n) is 6.75. The van der Waals surface area contributed by atoms with Gasteiger partial charge in [-0.2, -0.15) is 0 Å². The van der Waals surface area contributed by atoms with Crippen LogP contribution in [-0.2, 0) is 9.53 Å². The number of hydrogen-bond acceptors (Lipinski definition) is 6. The van der Waals surface area contributed by atoms with E-state index in [-0.39, 0.29) is 12.0 Å². The van der Waals surface area contributed by atoms with E-state index in [1.165, 1.54) is 0 Å². The maximum absolute atomic E-state index is 11.9. The van der Waals surface area contributed by atoms with Gasteiger partial charge in [-0.05, 0) is 37.3 Å². The number of carbonyl (C=O) groups is 1. The van der Waals surface area contributed by atoms with Crippen molar-refractivity contribution in [3.63, 3.8) is 0 Å². The Morgan fingerprint density at radius 3 is 3.04 bits per heavy atom. The first-order chi connectivity index (χ1) is 13.6. The van der Waals surface area contributed by atoms with Crippen LogP contribution in [0, 0.1) is 0 Å². The molecule has 2 aromatic carbocycles. The summed E-state index contributed by atoms with van der Waals surface area (Å²) in [6, 6.07) is 13.3. The number of benzene rings is 2. The highest BCUT2D eigenvalue weighted by Gasteiger charge is 2.28. The zero-order chi connectivity index (χ0) is 19.5. The molecular formula is C21H22ClN3O3. The molecule has 6 nitrogen and oxygen atoms in total. The second kappa shape index (κ2) is 8.20. The second-order valence-corrected chi connectivity index (χ2v) is 7.19. The lowest BCUT2D eigenvalue weighted by molar-refractivity contribution is -0.143. The van der Waals surface area contributed by atoms with Crippen molar-refractivity contribution < 1.29 is 14.3 Å². The van der Waals surface area contributed by atoms with E-state index >= 15 is 0 Å². The first-order valence-corrected chi connectivity index (χ1v) is 9.81. The van der Waals surface area contributed by atoms with Crippen molar-refractivity contribution in [3.8, 4) is 11.5 Å². The van der Waals surface area contributed by atoms with Gasteiger partial charge in [-0.1, -0.05) is 23.7 Å². The highest BCUT2D eigenvalue weighted by Crippen LogP contribution is 2.39. The number of nitrogens with one attached hydrogen (secondary N) is 1. The minimum absolute atomic E-state index is 0.00525. The van der Waals surface area contributed by atoms with Crippen molar-refractivity contribution in [2.24, 2.45) is 4.99 Å². The number of para-hydroxylation sites is 1. The highest BCUT2D eigenvalue weighted by atomic mass is 35.5. The van der Waals surface area contributed by atoms with Crippen LogP contribution in [0.1, 0.15) is 18.9 Å². The summed E-state index contributed by atoms with van der Waals surface area (Å²) in [6.45, 7) is 4.40. The lowest BCUT2D eigenvalue weighted by Gasteiger charge is -2.35. The van der Waals surface area contributed by atoms with Crippen LogP contribution in [0.25, 0.3) is 0 Å². The molecule has 2 heterocycles. The Kier molecular flexibility index (Phi) is 5.50. The zero-order valence-corrected chi connectivity index (χ0v) is 16.4. The molecule has 0 saturated carbocycles. The molecule has 1 N–H and O–H groups in total. The van der Waals surface area contributed by atoms with Crippen molar-refractivity contribution in [2.45, 2.75) is 19.4 Å². The number of fused-ring (bicyclic) bond motifs is 2. The molecule has 7 heteroatoms. The standard InChI is InChI=1S/C21H22ClN3O3/c1-2-27-20(26)12-15-13-25(10-9-23-15)21-16-5-3-4-6-18(16)28-19-8-7-14(22)11-17(19)24-21/h3-8,11,15,23H,2,9-10,12-13H2,1H3/t15-/m1/s1. The van der Waals surface area contributed by atoms with Crippen LogP contribution in [0.2, 0.25) is 5.02 Å². The SMILES string of the molecule is CCOC(=O)C[C@@H]1CN(C2=Nc3cc(Cl)ccc3Oc3ccccc32)CCN1. The number of carbonyl (C=O) groups excluding carboxylic acids is 1. The fourth-order valence-corrected chi connectivity index (χ4v) is 3.68. The fourth-order valence-electron chi connectivity index (χ4n) is 3.51. The lowest BCUT2D eigenvalue weighted by Crippen LogP contribution is -2.53. The molecule has 0 bridgehead atoms. The lowest BCUT2D eigenvalue weighted by atomic mass is 10.1. The molecule has 0 amide bonds. The molecule has 0 unspecified atom stereocenters. The van der Waals surface area contributed by atoms with Gasteiger partial charge in [-0.25, -0.2) is 4.99 Å². The molecule has 2 aromatic rings. The van der Waals surface area contributed by atoms with E-state index in [9.17, 15) is 4.79 Å². The minimum Gasteiger partial charge on any atom is -0.466 e. The van der Waals surface area contributed by atoms with Crippen molar-refractivity contribution >= 4 is 29.1 Å². The zero-order valence-electron chi connectivity index (χ0n) is 15.7. The van der Waals surface area contributed by atoms with Crippen LogP contribution in [-0.4, -0.2) is 49.0 Å². The van der Waals surface area contributed by atoms with Gasteiger partial charge in [0.2, 0.25) is 0 Å². The third-order valence-electron chi connectivity index (χ3n) is 4.77. The summed E-state index contributed by atoms with van der Waals surface area (Å²) in [5.41, 5.74) is 1.62. The Balaban J connectivity index is 1.67. The van der Waals surface area contributed by atoms with Gasteiger partial charge in [0.15, 0.2) is 5.75 Å². The van der Waals surface area contributed by atoms with Gasteiger partial charge in [-0.3, -0.25) is 4.79 Å². The molecule has 0 spiro atoms. The molecule has 2 aliphatic rings. The quantitative estimate of drug-likeness (QED) is 0.796. The van der Waals surface area contributed by atoms with Crippen LogP contribution in [0.3, 0.4) is 0 Å². The van der Waals surface area contributed by atoms with Crippen molar-refractivity contribution in [3.05, 3.63) is 53.1 Å².